The van der Waals surface area contributed by atoms with E-state index in [0.29, 0.717) is 23.3 Å². The highest BCUT2D eigenvalue weighted by atomic mass is 32.2. The van der Waals surface area contributed by atoms with Gasteiger partial charge in [-0.1, -0.05) is 18.2 Å². The second-order valence-electron chi connectivity index (χ2n) is 7.68. The van der Waals surface area contributed by atoms with Gasteiger partial charge in [0, 0.05) is 36.4 Å². The average Bonchev–Trinajstić information content (AvgIpc) is 3.05. The molecule has 6 nitrogen and oxygen atoms in total. The highest BCUT2D eigenvalue weighted by Crippen LogP contribution is 2.30. The maximum Gasteiger partial charge on any atom is 0.261 e. The summed E-state index contributed by atoms with van der Waals surface area (Å²) < 4.78 is 27.4. The first-order chi connectivity index (χ1) is 13.4. The van der Waals surface area contributed by atoms with E-state index in [9.17, 15) is 13.2 Å². The monoisotopic (exact) mass is 399 g/mol. The average molecular weight is 400 g/mol. The highest BCUT2D eigenvalue weighted by Gasteiger charge is 2.36. The summed E-state index contributed by atoms with van der Waals surface area (Å²) in [7, 11) is -1.77. The zero-order valence-corrected chi connectivity index (χ0v) is 16.7. The number of fused-ring (bicyclic) bond motifs is 2. The summed E-state index contributed by atoms with van der Waals surface area (Å²) in [6.45, 7) is 0. The van der Waals surface area contributed by atoms with Gasteiger partial charge in [0.05, 0.1) is 4.90 Å². The van der Waals surface area contributed by atoms with Crippen LogP contribution in [-0.2, 0) is 10.0 Å². The van der Waals surface area contributed by atoms with Crippen molar-refractivity contribution in [1.82, 2.24) is 10.2 Å². The standard InChI is InChI=1S/C21H25N3O3S/c1-24(19-13-17-11-12-18(14-19)22-17)21(25)15-7-9-16(10-8-15)23-28(26,27)20-5-3-2-4-6-20/h2-10,17-19,22-23H,11-14H2,1H3. The number of piperidine rings is 1. The lowest BCUT2D eigenvalue weighted by Gasteiger charge is -2.35. The molecular weight excluding hydrogens is 374 g/mol. The number of rotatable bonds is 5. The number of carbonyl (C=O) groups excluding carboxylic acids is 1. The van der Waals surface area contributed by atoms with Crippen LogP contribution in [0.1, 0.15) is 36.0 Å². The van der Waals surface area contributed by atoms with Crippen LogP contribution in [0.15, 0.2) is 59.5 Å². The maximum atomic E-state index is 12.9. The topological polar surface area (TPSA) is 78.5 Å². The van der Waals surface area contributed by atoms with Crippen molar-refractivity contribution in [2.45, 2.75) is 48.7 Å². The van der Waals surface area contributed by atoms with Crippen LogP contribution in [-0.4, -0.2) is 44.4 Å². The quantitative estimate of drug-likeness (QED) is 0.810. The summed E-state index contributed by atoms with van der Waals surface area (Å²) in [6, 6.07) is 16.1. The van der Waals surface area contributed by atoms with Crippen molar-refractivity contribution in [2.75, 3.05) is 11.8 Å². The van der Waals surface area contributed by atoms with E-state index in [4.69, 9.17) is 0 Å². The van der Waals surface area contributed by atoms with Crippen LogP contribution in [0, 0.1) is 0 Å². The Morgan fingerprint density at radius 3 is 2.21 bits per heavy atom. The van der Waals surface area contributed by atoms with E-state index in [1.807, 2.05) is 11.9 Å². The van der Waals surface area contributed by atoms with Gasteiger partial charge < -0.3 is 10.2 Å². The van der Waals surface area contributed by atoms with Crippen molar-refractivity contribution in [1.29, 1.82) is 0 Å². The van der Waals surface area contributed by atoms with Crippen molar-refractivity contribution in [3.8, 4) is 0 Å². The number of nitrogens with zero attached hydrogens (tertiary/aromatic N) is 1. The molecule has 4 rings (SSSR count). The lowest BCUT2D eigenvalue weighted by Crippen LogP contribution is -2.48. The second kappa shape index (κ2) is 7.56. The van der Waals surface area contributed by atoms with Crippen LogP contribution >= 0.6 is 0 Å². The molecule has 2 aromatic rings. The minimum atomic E-state index is -3.64. The molecule has 148 valence electrons. The lowest BCUT2D eigenvalue weighted by atomic mass is 9.98. The van der Waals surface area contributed by atoms with Crippen LogP contribution in [0.4, 0.5) is 5.69 Å². The normalized spacial score (nSPS) is 24.0. The molecule has 2 bridgehead atoms. The molecule has 2 aliphatic heterocycles. The molecule has 28 heavy (non-hydrogen) atoms. The van der Waals surface area contributed by atoms with Gasteiger partial charge in [-0.2, -0.15) is 0 Å². The van der Waals surface area contributed by atoms with Gasteiger partial charge in [0.15, 0.2) is 0 Å². The first-order valence-corrected chi connectivity index (χ1v) is 11.1. The van der Waals surface area contributed by atoms with E-state index < -0.39 is 10.0 Å². The third-order valence-corrected chi connectivity index (χ3v) is 7.15. The molecule has 0 spiro atoms. The Balaban J connectivity index is 1.43. The van der Waals surface area contributed by atoms with Crippen LogP contribution in [0.3, 0.4) is 0 Å². The number of benzene rings is 2. The zero-order valence-electron chi connectivity index (χ0n) is 15.8. The second-order valence-corrected chi connectivity index (χ2v) is 9.36. The van der Waals surface area contributed by atoms with Gasteiger partial charge in [-0.3, -0.25) is 9.52 Å². The largest absolute Gasteiger partial charge is 0.339 e. The lowest BCUT2D eigenvalue weighted by molar-refractivity contribution is 0.0681. The molecule has 2 N–H and O–H groups in total. The molecule has 2 saturated heterocycles. The van der Waals surface area contributed by atoms with Gasteiger partial charge in [0.25, 0.3) is 15.9 Å². The Morgan fingerprint density at radius 1 is 1.00 bits per heavy atom. The summed E-state index contributed by atoms with van der Waals surface area (Å²) in [5, 5.41) is 3.59. The number of sulfonamides is 1. The molecule has 0 aromatic heterocycles. The third kappa shape index (κ3) is 3.91. The maximum absolute atomic E-state index is 12.9. The molecule has 0 aliphatic carbocycles. The molecule has 7 heteroatoms. The van der Waals surface area contributed by atoms with Gasteiger partial charge in [-0.25, -0.2) is 8.42 Å². The van der Waals surface area contributed by atoms with Crippen molar-refractivity contribution in [2.24, 2.45) is 0 Å². The fourth-order valence-corrected chi connectivity index (χ4v) is 5.29. The zero-order chi connectivity index (χ0) is 19.7. The predicted octanol–water partition coefficient (Wildman–Crippen LogP) is 2.84. The van der Waals surface area contributed by atoms with Crippen LogP contribution < -0.4 is 10.0 Å². The van der Waals surface area contributed by atoms with Gasteiger partial charge in [-0.15, -0.1) is 0 Å². The number of hydrogen-bond donors (Lipinski definition) is 2. The summed E-state index contributed by atoms with van der Waals surface area (Å²) >= 11 is 0. The van der Waals surface area contributed by atoms with E-state index in [1.54, 1.807) is 54.6 Å². The van der Waals surface area contributed by atoms with E-state index in [0.717, 1.165) is 12.8 Å². The van der Waals surface area contributed by atoms with E-state index in [2.05, 4.69) is 10.0 Å². The molecule has 0 saturated carbocycles. The van der Waals surface area contributed by atoms with Crippen LogP contribution in [0.5, 0.6) is 0 Å². The van der Waals surface area contributed by atoms with Crippen molar-refractivity contribution in [3.63, 3.8) is 0 Å². The summed E-state index contributed by atoms with van der Waals surface area (Å²) in [6.07, 6.45) is 4.38. The number of carbonyl (C=O) groups is 1. The molecule has 2 atom stereocenters. The van der Waals surface area contributed by atoms with Crippen molar-refractivity contribution < 1.29 is 13.2 Å². The Morgan fingerprint density at radius 2 is 1.61 bits per heavy atom. The molecular formula is C21H25N3O3S. The van der Waals surface area contributed by atoms with Gasteiger partial charge in [-0.05, 0) is 62.1 Å². The number of nitrogens with one attached hydrogen (secondary N) is 2. The van der Waals surface area contributed by atoms with E-state index in [-0.39, 0.29) is 16.8 Å². The SMILES string of the molecule is CN(C(=O)c1ccc(NS(=O)(=O)c2ccccc2)cc1)C1CC2CCC(C1)N2. The smallest absolute Gasteiger partial charge is 0.261 e. The fourth-order valence-electron chi connectivity index (χ4n) is 4.21. The predicted molar refractivity (Wildman–Crippen MR) is 109 cm³/mol. The Bertz CT molecular complexity index is 933. The first kappa shape index (κ1) is 19.0. The molecule has 2 aromatic carbocycles. The molecule has 1 amide bonds. The van der Waals surface area contributed by atoms with Crippen LogP contribution in [0.25, 0.3) is 0 Å². The van der Waals surface area contributed by atoms with E-state index in [1.165, 1.54) is 12.8 Å². The minimum Gasteiger partial charge on any atom is -0.339 e. The minimum absolute atomic E-state index is 0.0243. The Labute approximate surface area is 166 Å². The number of hydrogen-bond acceptors (Lipinski definition) is 4. The van der Waals surface area contributed by atoms with Crippen molar-refractivity contribution >= 4 is 21.6 Å². The van der Waals surface area contributed by atoms with Gasteiger partial charge in [0.2, 0.25) is 0 Å². The molecule has 2 heterocycles. The summed E-state index contributed by atoms with van der Waals surface area (Å²) in [5.41, 5.74) is 0.999. The molecule has 2 aliphatic rings. The van der Waals surface area contributed by atoms with Crippen molar-refractivity contribution in [3.05, 3.63) is 60.2 Å². The highest BCUT2D eigenvalue weighted by molar-refractivity contribution is 7.92. The van der Waals surface area contributed by atoms with Gasteiger partial charge in [0.1, 0.15) is 0 Å². The fraction of sp³-hybridized carbons (Fsp3) is 0.381. The Hall–Kier alpha value is -2.38. The molecule has 0 radical (unpaired) electrons. The Kier molecular flexibility index (Phi) is 5.12. The number of anilines is 1. The van der Waals surface area contributed by atoms with Gasteiger partial charge >= 0.3 is 0 Å². The molecule has 2 fully saturated rings. The first-order valence-electron chi connectivity index (χ1n) is 9.63. The third-order valence-electron chi connectivity index (χ3n) is 5.75. The van der Waals surface area contributed by atoms with Crippen LogP contribution in [0.2, 0.25) is 0 Å². The van der Waals surface area contributed by atoms with E-state index >= 15 is 0 Å². The number of amides is 1. The summed E-state index contributed by atoms with van der Waals surface area (Å²) in [5.74, 6) is -0.0243. The summed E-state index contributed by atoms with van der Waals surface area (Å²) in [4.78, 5) is 14.9. The molecule has 2 unspecified atom stereocenters.